The van der Waals surface area contributed by atoms with Gasteiger partial charge in [0.2, 0.25) is 0 Å². The second-order valence-corrected chi connectivity index (χ2v) is 7.63. The number of urea groups is 1. The van der Waals surface area contributed by atoms with E-state index >= 15 is 0 Å². The molecule has 3 amide bonds. The first-order valence-electron chi connectivity index (χ1n) is 9.69. The van der Waals surface area contributed by atoms with Crippen LogP contribution in [0.1, 0.15) is 22.8 Å². The fraction of sp³-hybridized carbons (Fsp3) is 0.364. The summed E-state index contributed by atoms with van der Waals surface area (Å²) in [5.74, 6) is 0.774. The number of hydrogen-bond acceptors (Lipinski definition) is 3. The van der Waals surface area contributed by atoms with Gasteiger partial charge in [0.05, 0.1) is 7.11 Å². The predicted octanol–water partition coefficient (Wildman–Crippen LogP) is 3.45. The largest absolute Gasteiger partial charge is 0.497 e. The van der Waals surface area contributed by atoms with Gasteiger partial charge in [0.1, 0.15) is 5.75 Å². The number of rotatable bonds is 5. The summed E-state index contributed by atoms with van der Waals surface area (Å²) in [6.07, 6.45) is 0.720. The van der Waals surface area contributed by atoms with E-state index in [4.69, 9.17) is 16.3 Å². The number of carbonyl (C=O) groups excluding carboxylic acids is 2. The van der Waals surface area contributed by atoms with E-state index in [1.807, 2.05) is 31.2 Å². The smallest absolute Gasteiger partial charge is 0.317 e. The third kappa shape index (κ3) is 5.64. The molecule has 1 fully saturated rings. The molecular formula is C22H26ClN3O3. The minimum atomic E-state index is -0.0982. The Morgan fingerprint density at radius 1 is 1.07 bits per heavy atom. The molecule has 2 aromatic carbocycles. The lowest BCUT2D eigenvalue weighted by atomic mass is 10.1. The van der Waals surface area contributed by atoms with E-state index in [2.05, 4.69) is 5.32 Å². The Balaban J connectivity index is 1.48. The summed E-state index contributed by atoms with van der Waals surface area (Å²) in [4.78, 5) is 28.7. The van der Waals surface area contributed by atoms with Crippen molar-refractivity contribution in [3.63, 3.8) is 0 Å². The number of amides is 3. The van der Waals surface area contributed by atoms with Crippen LogP contribution in [0.4, 0.5) is 4.79 Å². The van der Waals surface area contributed by atoms with E-state index in [0.717, 1.165) is 17.7 Å². The zero-order valence-corrected chi connectivity index (χ0v) is 17.5. The molecule has 0 bridgehead atoms. The maximum Gasteiger partial charge on any atom is 0.317 e. The van der Waals surface area contributed by atoms with E-state index in [1.54, 1.807) is 41.2 Å². The quantitative estimate of drug-likeness (QED) is 0.813. The summed E-state index contributed by atoms with van der Waals surface area (Å²) in [6.45, 7) is 4.03. The summed E-state index contributed by atoms with van der Waals surface area (Å²) in [5, 5.41) is 3.65. The number of piperazine rings is 1. The van der Waals surface area contributed by atoms with Crippen LogP contribution in [0.2, 0.25) is 5.02 Å². The molecule has 3 rings (SSSR count). The highest BCUT2D eigenvalue weighted by atomic mass is 35.5. The van der Waals surface area contributed by atoms with Gasteiger partial charge in [0, 0.05) is 42.8 Å². The van der Waals surface area contributed by atoms with Crippen molar-refractivity contribution in [2.45, 2.75) is 19.4 Å². The van der Waals surface area contributed by atoms with Crippen LogP contribution in [0, 0.1) is 0 Å². The van der Waals surface area contributed by atoms with Crippen LogP contribution in [0.3, 0.4) is 0 Å². The van der Waals surface area contributed by atoms with Crippen molar-refractivity contribution in [1.82, 2.24) is 15.1 Å². The maximum atomic E-state index is 12.6. The molecule has 0 spiro atoms. The van der Waals surface area contributed by atoms with Crippen LogP contribution in [0.15, 0.2) is 48.5 Å². The molecule has 7 heteroatoms. The SMILES string of the molecule is COc1cccc(CC(C)NC(=O)N2CCN(C(=O)c3ccc(Cl)cc3)CC2)c1. The number of benzene rings is 2. The molecule has 1 saturated heterocycles. The standard InChI is InChI=1S/C22H26ClN3O3/c1-16(14-17-4-3-5-20(15-17)29-2)24-22(28)26-12-10-25(11-13-26)21(27)18-6-8-19(23)9-7-18/h3-9,15-16H,10-14H2,1-2H3,(H,24,28). The summed E-state index contributed by atoms with van der Waals surface area (Å²) < 4.78 is 5.25. The van der Waals surface area contributed by atoms with Crippen LogP contribution in [0.25, 0.3) is 0 Å². The van der Waals surface area contributed by atoms with Crippen molar-refractivity contribution >= 4 is 23.5 Å². The second kappa shape index (κ2) is 9.65. The van der Waals surface area contributed by atoms with Gasteiger partial charge < -0.3 is 19.9 Å². The molecule has 1 aliphatic heterocycles. The number of ether oxygens (including phenoxy) is 1. The lowest BCUT2D eigenvalue weighted by molar-refractivity contribution is 0.0663. The molecule has 1 heterocycles. The lowest BCUT2D eigenvalue weighted by Gasteiger charge is -2.35. The minimum absolute atomic E-state index is 0.0108. The Labute approximate surface area is 176 Å². The van der Waals surface area contributed by atoms with Crippen LogP contribution in [0.5, 0.6) is 5.75 Å². The van der Waals surface area contributed by atoms with Gasteiger partial charge in [0.25, 0.3) is 5.91 Å². The third-order valence-corrected chi connectivity index (χ3v) is 5.24. The van der Waals surface area contributed by atoms with Crippen LogP contribution >= 0.6 is 11.6 Å². The number of carbonyl (C=O) groups is 2. The van der Waals surface area contributed by atoms with Gasteiger partial charge in [-0.1, -0.05) is 23.7 Å². The molecule has 0 aromatic heterocycles. The number of hydrogen-bond donors (Lipinski definition) is 1. The molecular weight excluding hydrogens is 390 g/mol. The topological polar surface area (TPSA) is 61.9 Å². The van der Waals surface area contributed by atoms with Gasteiger partial charge in [-0.2, -0.15) is 0 Å². The first-order chi connectivity index (χ1) is 14.0. The highest BCUT2D eigenvalue weighted by Crippen LogP contribution is 2.15. The average Bonchev–Trinajstić information content (AvgIpc) is 2.74. The molecule has 0 radical (unpaired) electrons. The summed E-state index contributed by atoms with van der Waals surface area (Å²) in [6, 6.07) is 14.6. The van der Waals surface area contributed by atoms with Crippen molar-refractivity contribution in [3.05, 3.63) is 64.7 Å². The zero-order chi connectivity index (χ0) is 20.8. The van der Waals surface area contributed by atoms with Crippen LogP contribution in [-0.2, 0) is 6.42 Å². The average molecular weight is 416 g/mol. The molecule has 1 atom stereocenters. The van der Waals surface area contributed by atoms with Gasteiger partial charge in [-0.15, -0.1) is 0 Å². The van der Waals surface area contributed by atoms with Crippen molar-refractivity contribution in [2.24, 2.45) is 0 Å². The monoisotopic (exact) mass is 415 g/mol. The first kappa shape index (κ1) is 21.0. The molecule has 6 nitrogen and oxygen atoms in total. The van der Waals surface area contributed by atoms with Gasteiger partial charge >= 0.3 is 6.03 Å². The van der Waals surface area contributed by atoms with Gasteiger partial charge in [-0.3, -0.25) is 4.79 Å². The van der Waals surface area contributed by atoms with Crippen LogP contribution < -0.4 is 10.1 Å². The third-order valence-electron chi connectivity index (χ3n) is 4.99. The number of nitrogens with zero attached hydrogens (tertiary/aromatic N) is 2. The number of methoxy groups -OCH3 is 1. The summed E-state index contributed by atoms with van der Waals surface area (Å²) in [5.41, 5.74) is 1.72. The van der Waals surface area contributed by atoms with Crippen LogP contribution in [-0.4, -0.2) is 61.1 Å². The van der Waals surface area contributed by atoms with Gasteiger partial charge in [-0.25, -0.2) is 4.79 Å². The molecule has 154 valence electrons. The van der Waals surface area contributed by atoms with E-state index < -0.39 is 0 Å². The fourth-order valence-corrected chi connectivity index (χ4v) is 3.52. The van der Waals surface area contributed by atoms with E-state index in [0.29, 0.717) is 36.8 Å². The van der Waals surface area contributed by atoms with Gasteiger partial charge in [-0.05, 0) is 55.3 Å². The molecule has 2 aromatic rings. The van der Waals surface area contributed by atoms with Crippen molar-refractivity contribution in [2.75, 3.05) is 33.3 Å². The fourth-order valence-electron chi connectivity index (χ4n) is 3.39. The first-order valence-corrected chi connectivity index (χ1v) is 10.1. The van der Waals surface area contributed by atoms with E-state index in [9.17, 15) is 9.59 Å². The highest BCUT2D eigenvalue weighted by Gasteiger charge is 2.25. The highest BCUT2D eigenvalue weighted by molar-refractivity contribution is 6.30. The lowest BCUT2D eigenvalue weighted by Crippen LogP contribution is -2.54. The molecule has 1 N–H and O–H groups in total. The molecule has 0 saturated carbocycles. The van der Waals surface area contributed by atoms with Crippen molar-refractivity contribution in [3.8, 4) is 5.75 Å². The molecule has 1 aliphatic rings. The maximum absolute atomic E-state index is 12.6. The molecule has 29 heavy (non-hydrogen) atoms. The minimum Gasteiger partial charge on any atom is -0.497 e. The zero-order valence-electron chi connectivity index (χ0n) is 16.7. The second-order valence-electron chi connectivity index (χ2n) is 7.19. The predicted molar refractivity (Wildman–Crippen MR) is 114 cm³/mol. The van der Waals surface area contributed by atoms with Crippen molar-refractivity contribution < 1.29 is 14.3 Å². The number of nitrogens with one attached hydrogen (secondary N) is 1. The molecule has 0 aliphatic carbocycles. The summed E-state index contributed by atoms with van der Waals surface area (Å²) in [7, 11) is 1.64. The number of halogens is 1. The normalized spacial score (nSPS) is 15.0. The Kier molecular flexibility index (Phi) is 6.99. The Hall–Kier alpha value is -2.73. The van der Waals surface area contributed by atoms with E-state index in [-0.39, 0.29) is 18.0 Å². The Bertz CT molecular complexity index is 849. The Morgan fingerprint density at radius 3 is 2.38 bits per heavy atom. The molecule has 1 unspecified atom stereocenters. The summed E-state index contributed by atoms with van der Waals surface area (Å²) >= 11 is 5.88. The van der Waals surface area contributed by atoms with Crippen molar-refractivity contribution in [1.29, 1.82) is 0 Å². The Morgan fingerprint density at radius 2 is 1.72 bits per heavy atom. The van der Waals surface area contributed by atoms with Gasteiger partial charge in [0.15, 0.2) is 0 Å². The van der Waals surface area contributed by atoms with E-state index in [1.165, 1.54) is 0 Å².